The minimum atomic E-state index is -4.29. The zero-order valence-corrected chi connectivity index (χ0v) is 9.80. The minimum Gasteiger partial charge on any atom is -0.381 e. The molecule has 0 radical (unpaired) electrons. The van der Waals surface area contributed by atoms with Crippen molar-refractivity contribution in [2.45, 2.75) is 25.6 Å². The van der Waals surface area contributed by atoms with Gasteiger partial charge in [-0.2, -0.15) is 13.2 Å². The molecule has 17 heavy (non-hydrogen) atoms. The highest BCUT2D eigenvalue weighted by molar-refractivity contribution is 5.72. The summed E-state index contributed by atoms with van der Waals surface area (Å²) >= 11 is 0. The van der Waals surface area contributed by atoms with E-state index in [9.17, 15) is 13.2 Å². The van der Waals surface area contributed by atoms with Gasteiger partial charge < -0.3 is 10.2 Å². The number of halogens is 3. The first-order valence-electron chi connectivity index (χ1n) is 5.57. The molecular weight excluding hydrogens is 229 g/mol. The fraction of sp³-hybridized carbons (Fsp3) is 0.500. The summed E-state index contributed by atoms with van der Waals surface area (Å²) in [6.07, 6.45) is -3.38. The van der Waals surface area contributed by atoms with Gasteiger partial charge in [0.05, 0.1) is 16.9 Å². The Morgan fingerprint density at radius 1 is 1.35 bits per heavy atom. The lowest BCUT2D eigenvalue weighted by Crippen LogP contribution is -2.19. The molecule has 0 saturated heterocycles. The number of rotatable bonds is 0. The summed E-state index contributed by atoms with van der Waals surface area (Å²) in [7, 11) is 1.89. The van der Waals surface area contributed by atoms with Crippen molar-refractivity contribution in [1.29, 1.82) is 0 Å². The zero-order chi connectivity index (χ0) is 12.6. The Balaban J connectivity index is 2.43. The molecule has 1 aliphatic heterocycles. The Morgan fingerprint density at radius 3 is 2.71 bits per heavy atom. The molecule has 0 aliphatic carbocycles. The van der Waals surface area contributed by atoms with E-state index in [-0.39, 0.29) is 6.04 Å². The summed E-state index contributed by atoms with van der Waals surface area (Å²) in [4.78, 5) is 1.98. The molecule has 94 valence electrons. The van der Waals surface area contributed by atoms with Gasteiger partial charge in [-0.05, 0) is 31.5 Å². The van der Waals surface area contributed by atoms with E-state index in [0.717, 1.165) is 24.7 Å². The number of hydrogen-bond donors (Lipinski definition) is 1. The lowest BCUT2D eigenvalue weighted by molar-refractivity contribution is -0.137. The van der Waals surface area contributed by atoms with Gasteiger partial charge >= 0.3 is 6.18 Å². The van der Waals surface area contributed by atoms with Gasteiger partial charge in [0.25, 0.3) is 0 Å². The first kappa shape index (κ1) is 12.1. The normalized spacial score (nSPS) is 20.5. The molecule has 0 fully saturated rings. The van der Waals surface area contributed by atoms with Gasteiger partial charge in [0.15, 0.2) is 0 Å². The van der Waals surface area contributed by atoms with E-state index >= 15 is 0 Å². The summed E-state index contributed by atoms with van der Waals surface area (Å²) in [6, 6.07) is 4.03. The molecule has 1 atom stereocenters. The van der Waals surface area contributed by atoms with Gasteiger partial charge in [-0.1, -0.05) is 0 Å². The van der Waals surface area contributed by atoms with Crippen molar-refractivity contribution in [2.75, 3.05) is 23.8 Å². The Bertz CT molecular complexity index is 415. The third kappa shape index (κ3) is 2.48. The monoisotopic (exact) mass is 244 g/mol. The molecule has 0 bridgehead atoms. The quantitative estimate of drug-likeness (QED) is 0.753. The molecule has 0 aromatic heterocycles. The van der Waals surface area contributed by atoms with Gasteiger partial charge in [0.1, 0.15) is 0 Å². The molecule has 1 heterocycles. The molecule has 1 N–H and O–H groups in total. The summed E-state index contributed by atoms with van der Waals surface area (Å²) in [6.45, 7) is 2.82. The van der Waals surface area contributed by atoms with Crippen LogP contribution in [0.4, 0.5) is 24.5 Å². The molecule has 0 saturated carbocycles. The van der Waals surface area contributed by atoms with E-state index in [1.807, 2.05) is 18.9 Å². The standard InChI is InChI=1S/C12H15F3N2/c1-8-5-6-17(2)11-4-3-9(12(13,14)15)7-10(11)16-8/h3-4,7-8,16H,5-6H2,1-2H3. The van der Waals surface area contributed by atoms with Gasteiger partial charge in [-0.3, -0.25) is 0 Å². The van der Waals surface area contributed by atoms with Crippen molar-refractivity contribution < 1.29 is 13.2 Å². The minimum absolute atomic E-state index is 0.183. The lowest BCUT2D eigenvalue weighted by atomic mass is 10.1. The van der Waals surface area contributed by atoms with Gasteiger partial charge in [0.2, 0.25) is 0 Å². The van der Waals surface area contributed by atoms with Crippen LogP contribution < -0.4 is 10.2 Å². The Morgan fingerprint density at radius 2 is 2.06 bits per heavy atom. The average Bonchev–Trinajstić information content (AvgIpc) is 2.37. The van der Waals surface area contributed by atoms with Gasteiger partial charge in [-0.25, -0.2) is 0 Å². The van der Waals surface area contributed by atoms with Crippen molar-refractivity contribution in [3.8, 4) is 0 Å². The Hall–Kier alpha value is -1.39. The maximum atomic E-state index is 12.6. The highest BCUT2D eigenvalue weighted by Crippen LogP contribution is 2.36. The lowest BCUT2D eigenvalue weighted by Gasteiger charge is -2.19. The maximum absolute atomic E-state index is 12.6. The van der Waals surface area contributed by atoms with Crippen LogP contribution in [0.3, 0.4) is 0 Å². The number of anilines is 2. The second-order valence-electron chi connectivity index (χ2n) is 4.49. The van der Waals surface area contributed by atoms with Crippen molar-refractivity contribution >= 4 is 11.4 Å². The summed E-state index contributed by atoms with van der Waals surface area (Å²) in [5, 5.41) is 3.12. The van der Waals surface area contributed by atoms with Crippen molar-refractivity contribution in [3.05, 3.63) is 23.8 Å². The molecule has 2 rings (SSSR count). The molecule has 1 aromatic carbocycles. The van der Waals surface area contributed by atoms with Crippen molar-refractivity contribution in [1.82, 2.24) is 0 Å². The first-order chi connectivity index (χ1) is 7.88. The van der Waals surface area contributed by atoms with E-state index in [1.165, 1.54) is 12.1 Å². The molecule has 5 heteroatoms. The second-order valence-corrected chi connectivity index (χ2v) is 4.49. The van der Waals surface area contributed by atoms with Crippen LogP contribution in [0, 0.1) is 0 Å². The fourth-order valence-corrected chi connectivity index (χ4v) is 2.01. The van der Waals surface area contributed by atoms with Crippen LogP contribution in [-0.4, -0.2) is 19.6 Å². The number of nitrogens with zero attached hydrogens (tertiary/aromatic N) is 1. The molecule has 1 aliphatic rings. The maximum Gasteiger partial charge on any atom is 0.416 e. The van der Waals surface area contributed by atoms with Crippen LogP contribution in [0.15, 0.2) is 18.2 Å². The van der Waals surface area contributed by atoms with E-state index in [4.69, 9.17) is 0 Å². The molecule has 1 aromatic rings. The van der Waals surface area contributed by atoms with Crippen molar-refractivity contribution in [3.63, 3.8) is 0 Å². The second kappa shape index (κ2) is 4.13. The molecule has 1 unspecified atom stereocenters. The summed E-state index contributed by atoms with van der Waals surface area (Å²) < 4.78 is 37.8. The third-order valence-corrected chi connectivity index (χ3v) is 3.03. The van der Waals surface area contributed by atoms with E-state index < -0.39 is 11.7 Å². The summed E-state index contributed by atoms with van der Waals surface area (Å²) in [5.74, 6) is 0. The molecule has 0 spiro atoms. The number of nitrogens with one attached hydrogen (secondary N) is 1. The van der Waals surface area contributed by atoms with E-state index in [2.05, 4.69) is 5.32 Å². The highest BCUT2D eigenvalue weighted by atomic mass is 19.4. The van der Waals surface area contributed by atoms with E-state index in [0.29, 0.717) is 5.69 Å². The topological polar surface area (TPSA) is 15.3 Å². The SMILES string of the molecule is CC1CCN(C)c2ccc(C(F)(F)F)cc2N1. The van der Waals surface area contributed by atoms with Crippen LogP contribution in [-0.2, 0) is 6.18 Å². The highest BCUT2D eigenvalue weighted by Gasteiger charge is 2.31. The van der Waals surface area contributed by atoms with Crippen LogP contribution >= 0.6 is 0 Å². The van der Waals surface area contributed by atoms with Crippen LogP contribution in [0.2, 0.25) is 0 Å². The van der Waals surface area contributed by atoms with Crippen LogP contribution in [0.25, 0.3) is 0 Å². The first-order valence-corrected chi connectivity index (χ1v) is 5.57. The molecule has 0 amide bonds. The largest absolute Gasteiger partial charge is 0.416 e. The van der Waals surface area contributed by atoms with Crippen LogP contribution in [0.5, 0.6) is 0 Å². The van der Waals surface area contributed by atoms with Crippen molar-refractivity contribution in [2.24, 2.45) is 0 Å². The van der Waals surface area contributed by atoms with E-state index in [1.54, 1.807) is 0 Å². The Labute approximate surface area is 98.4 Å². The van der Waals surface area contributed by atoms with Gasteiger partial charge in [-0.15, -0.1) is 0 Å². The number of hydrogen-bond acceptors (Lipinski definition) is 2. The predicted molar refractivity (Wildman–Crippen MR) is 62.4 cm³/mol. The average molecular weight is 244 g/mol. The fourth-order valence-electron chi connectivity index (χ4n) is 2.01. The zero-order valence-electron chi connectivity index (χ0n) is 9.80. The summed E-state index contributed by atoms with van der Waals surface area (Å²) in [5.41, 5.74) is 0.779. The third-order valence-electron chi connectivity index (χ3n) is 3.03. The van der Waals surface area contributed by atoms with Crippen LogP contribution in [0.1, 0.15) is 18.9 Å². The number of benzene rings is 1. The number of fused-ring (bicyclic) bond motifs is 1. The molecule has 2 nitrogen and oxygen atoms in total. The smallest absolute Gasteiger partial charge is 0.381 e. The predicted octanol–water partition coefficient (Wildman–Crippen LogP) is 3.35. The van der Waals surface area contributed by atoms with Gasteiger partial charge in [0, 0.05) is 19.6 Å². The number of alkyl halides is 3. The Kier molecular flexibility index (Phi) is 2.93. The molecular formula is C12H15F3N2.